The summed E-state index contributed by atoms with van der Waals surface area (Å²) in [5.41, 5.74) is 1.21. The Labute approximate surface area is 136 Å². The largest absolute Gasteiger partial charge is 0.348 e. The molecule has 0 aromatic carbocycles. The van der Waals surface area contributed by atoms with Crippen molar-refractivity contribution in [3.63, 3.8) is 0 Å². The van der Waals surface area contributed by atoms with Gasteiger partial charge in [-0.25, -0.2) is 9.48 Å². The van der Waals surface area contributed by atoms with E-state index in [9.17, 15) is 9.59 Å². The van der Waals surface area contributed by atoms with Crippen LogP contribution in [0.3, 0.4) is 0 Å². The van der Waals surface area contributed by atoms with Gasteiger partial charge in [0.05, 0.1) is 6.04 Å². The van der Waals surface area contributed by atoms with E-state index in [1.807, 2.05) is 6.92 Å². The van der Waals surface area contributed by atoms with Crippen molar-refractivity contribution in [2.24, 2.45) is 17.3 Å². The van der Waals surface area contributed by atoms with Gasteiger partial charge in [0.1, 0.15) is 12.4 Å². The number of nitrogens with one attached hydrogen (secondary N) is 1. The summed E-state index contributed by atoms with van der Waals surface area (Å²) in [7, 11) is 0. The van der Waals surface area contributed by atoms with Crippen molar-refractivity contribution in [1.29, 1.82) is 0 Å². The molecular formula is C17H26N4O2. The van der Waals surface area contributed by atoms with Crippen LogP contribution in [0.2, 0.25) is 0 Å². The first-order chi connectivity index (χ1) is 10.8. The maximum Gasteiger partial charge on any atom is 0.346 e. The van der Waals surface area contributed by atoms with Crippen LogP contribution in [-0.4, -0.2) is 26.3 Å². The average molecular weight is 318 g/mol. The van der Waals surface area contributed by atoms with Crippen molar-refractivity contribution < 1.29 is 4.79 Å². The molecule has 6 heteroatoms. The molecule has 1 aromatic heterocycles. The fraction of sp³-hybridized carbons (Fsp3) is 0.706. The molecule has 1 aromatic rings. The van der Waals surface area contributed by atoms with E-state index in [-0.39, 0.29) is 24.2 Å². The molecule has 3 aliphatic rings. The van der Waals surface area contributed by atoms with E-state index >= 15 is 0 Å². The van der Waals surface area contributed by atoms with Crippen LogP contribution < -0.4 is 11.0 Å². The molecule has 3 aliphatic carbocycles. The summed E-state index contributed by atoms with van der Waals surface area (Å²) in [6.07, 6.45) is 2.14. The standard InChI is InChI=1S/C17H26N4O2/c1-6-20-11(3)19-21(16(20)23)9-15(22)18-14-8-12-7-13(10(14)2)17(12,4)5/h12-14H,2,6-9H2,1,3-5H3,(H,18,22)/t12-,13+,14?/m1/s1. The van der Waals surface area contributed by atoms with Crippen LogP contribution >= 0.6 is 0 Å². The average Bonchev–Trinajstić information content (AvgIpc) is 2.74. The Morgan fingerprint density at radius 1 is 1.43 bits per heavy atom. The number of amides is 1. The Morgan fingerprint density at radius 3 is 2.65 bits per heavy atom. The quantitative estimate of drug-likeness (QED) is 0.855. The topological polar surface area (TPSA) is 68.9 Å². The molecule has 126 valence electrons. The highest BCUT2D eigenvalue weighted by atomic mass is 16.2. The Hall–Kier alpha value is -1.85. The van der Waals surface area contributed by atoms with E-state index in [0.29, 0.717) is 29.6 Å². The van der Waals surface area contributed by atoms with Crippen molar-refractivity contribution in [3.8, 4) is 0 Å². The Bertz CT molecular complexity index is 713. The summed E-state index contributed by atoms with van der Waals surface area (Å²) in [4.78, 5) is 24.4. The summed E-state index contributed by atoms with van der Waals surface area (Å²) in [5, 5.41) is 7.21. The van der Waals surface area contributed by atoms with E-state index in [2.05, 4.69) is 30.8 Å². The number of hydrogen-bond acceptors (Lipinski definition) is 3. The molecule has 0 saturated heterocycles. The van der Waals surface area contributed by atoms with Crippen LogP contribution in [0.5, 0.6) is 0 Å². The summed E-state index contributed by atoms with van der Waals surface area (Å²) in [6, 6.07) is 0.0318. The number of rotatable bonds is 4. The highest BCUT2D eigenvalue weighted by Gasteiger charge is 2.54. The van der Waals surface area contributed by atoms with Gasteiger partial charge in [-0.05, 0) is 43.9 Å². The second kappa shape index (κ2) is 5.35. The molecule has 3 atom stereocenters. The molecule has 1 heterocycles. The number of aromatic nitrogens is 3. The number of carbonyl (C=O) groups excluding carboxylic acids is 1. The number of aryl methyl sites for hydroxylation is 1. The minimum Gasteiger partial charge on any atom is -0.348 e. The molecular weight excluding hydrogens is 292 g/mol. The first kappa shape index (κ1) is 16.0. The van der Waals surface area contributed by atoms with Crippen LogP contribution in [-0.2, 0) is 17.9 Å². The molecule has 1 unspecified atom stereocenters. The summed E-state index contributed by atoms with van der Waals surface area (Å²) in [6.45, 7) is 13.0. The van der Waals surface area contributed by atoms with Crippen LogP contribution in [0.15, 0.2) is 16.9 Å². The van der Waals surface area contributed by atoms with Crippen molar-refractivity contribution in [2.45, 2.75) is 59.7 Å². The fourth-order valence-electron chi connectivity index (χ4n) is 4.27. The summed E-state index contributed by atoms with van der Waals surface area (Å²) in [5.74, 6) is 1.61. The van der Waals surface area contributed by atoms with Gasteiger partial charge in [-0.2, -0.15) is 5.10 Å². The molecule has 2 bridgehead atoms. The van der Waals surface area contributed by atoms with Crippen LogP contribution in [0.4, 0.5) is 0 Å². The second-order valence-corrected chi connectivity index (χ2v) is 7.47. The first-order valence-corrected chi connectivity index (χ1v) is 8.38. The van der Waals surface area contributed by atoms with E-state index in [1.54, 1.807) is 11.5 Å². The molecule has 6 nitrogen and oxygen atoms in total. The van der Waals surface area contributed by atoms with E-state index in [4.69, 9.17) is 0 Å². The molecule has 1 amide bonds. The zero-order valence-corrected chi connectivity index (χ0v) is 14.4. The van der Waals surface area contributed by atoms with Crippen molar-refractivity contribution >= 4 is 5.91 Å². The van der Waals surface area contributed by atoms with Gasteiger partial charge in [-0.15, -0.1) is 0 Å². The molecule has 3 saturated carbocycles. The number of carbonyl (C=O) groups is 1. The van der Waals surface area contributed by atoms with E-state index < -0.39 is 0 Å². The number of hydrogen-bond donors (Lipinski definition) is 1. The van der Waals surface area contributed by atoms with Gasteiger partial charge in [0.25, 0.3) is 0 Å². The van der Waals surface area contributed by atoms with Gasteiger partial charge in [-0.3, -0.25) is 9.36 Å². The molecule has 4 rings (SSSR count). The highest BCUT2D eigenvalue weighted by molar-refractivity contribution is 5.76. The van der Waals surface area contributed by atoms with Gasteiger partial charge < -0.3 is 5.32 Å². The molecule has 1 N–H and O–H groups in total. The van der Waals surface area contributed by atoms with Gasteiger partial charge in [0, 0.05) is 6.54 Å². The minimum absolute atomic E-state index is 0.0318. The monoisotopic (exact) mass is 318 g/mol. The minimum atomic E-state index is -0.230. The van der Waals surface area contributed by atoms with Gasteiger partial charge in [0.15, 0.2) is 0 Å². The SMILES string of the molecule is C=C1C(NC(=O)Cn2nc(C)n(CC)c2=O)C[C@H]2C[C@@H]1C2(C)C. The highest BCUT2D eigenvalue weighted by Crippen LogP contribution is 2.60. The fourth-order valence-corrected chi connectivity index (χ4v) is 4.27. The Balaban J connectivity index is 1.65. The Morgan fingerprint density at radius 2 is 2.13 bits per heavy atom. The van der Waals surface area contributed by atoms with E-state index in [0.717, 1.165) is 12.0 Å². The van der Waals surface area contributed by atoms with Crippen molar-refractivity contribution in [2.75, 3.05) is 0 Å². The predicted octanol–water partition coefficient (Wildman–Crippen LogP) is 1.48. The summed E-state index contributed by atoms with van der Waals surface area (Å²) < 4.78 is 2.80. The molecule has 23 heavy (non-hydrogen) atoms. The maximum absolute atomic E-state index is 12.3. The molecule has 3 fully saturated rings. The lowest BCUT2D eigenvalue weighted by molar-refractivity contribution is -0.124. The number of fused-ring (bicyclic) bond motifs is 2. The Kier molecular flexibility index (Phi) is 3.73. The predicted molar refractivity (Wildman–Crippen MR) is 88.0 cm³/mol. The van der Waals surface area contributed by atoms with Crippen LogP contribution in [0.1, 0.15) is 39.4 Å². The normalized spacial score (nSPS) is 28.3. The third kappa shape index (κ3) is 2.44. The van der Waals surface area contributed by atoms with Gasteiger partial charge in [0.2, 0.25) is 5.91 Å². The third-order valence-corrected chi connectivity index (χ3v) is 5.94. The zero-order valence-electron chi connectivity index (χ0n) is 14.4. The zero-order chi connectivity index (χ0) is 16.9. The van der Waals surface area contributed by atoms with Crippen molar-refractivity contribution in [3.05, 3.63) is 28.5 Å². The molecule has 0 spiro atoms. The third-order valence-electron chi connectivity index (χ3n) is 5.94. The molecule has 0 radical (unpaired) electrons. The van der Waals surface area contributed by atoms with Crippen molar-refractivity contribution in [1.82, 2.24) is 19.7 Å². The lowest BCUT2D eigenvalue weighted by Gasteiger charge is -2.60. The van der Waals surface area contributed by atoms with Crippen LogP contribution in [0, 0.1) is 24.2 Å². The van der Waals surface area contributed by atoms with Gasteiger partial charge >= 0.3 is 5.69 Å². The maximum atomic E-state index is 12.3. The first-order valence-electron chi connectivity index (χ1n) is 8.38. The summed E-state index contributed by atoms with van der Waals surface area (Å²) >= 11 is 0. The van der Waals surface area contributed by atoms with E-state index in [1.165, 1.54) is 11.1 Å². The second-order valence-electron chi connectivity index (χ2n) is 7.47. The lowest BCUT2D eigenvalue weighted by atomic mass is 9.46. The molecule has 0 aliphatic heterocycles. The smallest absolute Gasteiger partial charge is 0.346 e. The lowest BCUT2D eigenvalue weighted by Crippen LogP contribution is -2.57. The van der Waals surface area contributed by atoms with Crippen LogP contribution in [0.25, 0.3) is 0 Å². The van der Waals surface area contributed by atoms with Gasteiger partial charge in [-0.1, -0.05) is 26.0 Å². The number of nitrogens with zero attached hydrogens (tertiary/aromatic N) is 3.